The number of aromatic nitrogens is 3. The second-order valence-electron chi connectivity index (χ2n) is 4.23. The number of halogens is 3. The maximum Gasteiger partial charge on any atom is 0.456 e. The van der Waals surface area contributed by atoms with Crippen molar-refractivity contribution in [1.29, 1.82) is 0 Å². The number of nitrogens with zero attached hydrogens (tertiary/aromatic N) is 4. The van der Waals surface area contributed by atoms with Gasteiger partial charge in [-0.3, -0.25) is 9.59 Å². The molecule has 0 aromatic carbocycles. The third-order valence-electron chi connectivity index (χ3n) is 2.49. The first-order chi connectivity index (χ1) is 8.62. The van der Waals surface area contributed by atoms with Crippen LogP contribution in [0.15, 0.2) is 6.20 Å². The molecule has 1 aromatic rings. The van der Waals surface area contributed by atoms with Crippen molar-refractivity contribution < 1.29 is 22.8 Å². The number of carbonyl (C=O) groups excluding carboxylic acids is 2. The summed E-state index contributed by atoms with van der Waals surface area (Å²) < 4.78 is 37.3. The largest absolute Gasteiger partial charge is 0.456 e. The fourth-order valence-electron chi connectivity index (χ4n) is 1.16. The molecular formula is C10H13F3N4O2. The monoisotopic (exact) mass is 278 g/mol. The van der Waals surface area contributed by atoms with Crippen molar-refractivity contribution in [1.82, 2.24) is 19.9 Å². The number of hydrogen-bond acceptors (Lipinski definition) is 4. The zero-order valence-electron chi connectivity index (χ0n) is 10.6. The lowest BCUT2D eigenvalue weighted by molar-refractivity contribution is -0.132. The van der Waals surface area contributed by atoms with Gasteiger partial charge in [-0.1, -0.05) is 5.21 Å². The van der Waals surface area contributed by atoms with E-state index in [0.717, 1.165) is 10.9 Å². The van der Waals surface area contributed by atoms with E-state index in [1.165, 1.54) is 4.90 Å². The van der Waals surface area contributed by atoms with Crippen molar-refractivity contribution in [3.8, 4) is 0 Å². The molecule has 106 valence electrons. The van der Waals surface area contributed by atoms with Crippen molar-refractivity contribution in [2.45, 2.75) is 32.6 Å². The molecule has 6 nitrogen and oxygen atoms in total. The molecule has 0 N–H and O–H groups in total. The Morgan fingerprint density at radius 1 is 1.42 bits per heavy atom. The summed E-state index contributed by atoms with van der Waals surface area (Å²) in [4.78, 5) is 23.9. The van der Waals surface area contributed by atoms with Crippen LogP contribution >= 0.6 is 0 Å². The third kappa shape index (κ3) is 3.76. The van der Waals surface area contributed by atoms with E-state index in [4.69, 9.17) is 0 Å². The summed E-state index contributed by atoms with van der Waals surface area (Å²) >= 11 is 0. The standard InChI is InChI=1S/C10H13F3N4O2/c1-6(2)16(3)8(18)5-17-4-7(14-15-17)9(19)10(11,12)13/h4,6H,5H2,1-3H3. The van der Waals surface area contributed by atoms with E-state index in [-0.39, 0.29) is 18.5 Å². The van der Waals surface area contributed by atoms with Gasteiger partial charge >= 0.3 is 6.18 Å². The van der Waals surface area contributed by atoms with Gasteiger partial charge in [-0.05, 0) is 13.8 Å². The van der Waals surface area contributed by atoms with Gasteiger partial charge in [0.05, 0.1) is 6.20 Å². The molecule has 0 saturated carbocycles. The molecule has 1 heterocycles. The average molecular weight is 278 g/mol. The van der Waals surface area contributed by atoms with Crippen LogP contribution in [0.25, 0.3) is 0 Å². The SMILES string of the molecule is CC(C)N(C)C(=O)Cn1cc(C(=O)C(F)(F)F)nn1. The predicted octanol–water partition coefficient (Wildman–Crippen LogP) is 0.890. The van der Waals surface area contributed by atoms with Gasteiger partial charge in [-0.25, -0.2) is 4.68 Å². The lowest BCUT2D eigenvalue weighted by atomic mass is 10.3. The van der Waals surface area contributed by atoms with E-state index < -0.39 is 17.7 Å². The Morgan fingerprint density at radius 2 is 2.00 bits per heavy atom. The molecule has 0 fully saturated rings. The van der Waals surface area contributed by atoms with Crippen molar-refractivity contribution in [2.75, 3.05) is 7.05 Å². The van der Waals surface area contributed by atoms with Crippen molar-refractivity contribution in [2.24, 2.45) is 0 Å². The van der Waals surface area contributed by atoms with Gasteiger partial charge in [0.1, 0.15) is 6.54 Å². The van der Waals surface area contributed by atoms with Gasteiger partial charge in [-0.2, -0.15) is 13.2 Å². The molecule has 19 heavy (non-hydrogen) atoms. The van der Waals surface area contributed by atoms with Crippen molar-refractivity contribution in [3.63, 3.8) is 0 Å². The number of amides is 1. The molecule has 0 radical (unpaired) electrons. The minimum absolute atomic E-state index is 0.0488. The highest BCUT2D eigenvalue weighted by Gasteiger charge is 2.41. The molecule has 0 aliphatic heterocycles. The Hall–Kier alpha value is -1.93. The first-order valence-electron chi connectivity index (χ1n) is 5.40. The van der Waals surface area contributed by atoms with E-state index in [1.807, 2.05) is 0 Å². The van der Waals surface area contributed by atoms with Gasteiger partial charge in [0, 0.05) is 13.1 Å². The minimum Gasteiger partial charge on any atom is -0.342 e. The summed E-state index contributed by atoms with van der Waals surface area (Å²) in [6.07, 6.45) is -4.19. The second kappa shape index (κ2) is 5.37. The van der Waals surface area contributed by atoms with Crippen LogP contribution in [-0.2, 0) is 11.3 Å². The number of Topliss-reactive ketones (excluding diaryl/α,β-unsaturated/α-hetero) is 1. The molecule has 0 bridgehead atoms. The number of hydrogen-bond donors (Lipinski definition) is 0. The van der Waals surface area contributed by atoms with Gasteiger partial charge in [0.25, 0.3) is 5.78 Å². The summed E-state index contributed by atoms with van der Waals surface area (Å²) in [5, 5.41) is 6.44. The lowest BCUT2D eigenvalue weighted by Crippen LogP contribution is -2.35. The summed E-state index contributed by atoms with van der Waals surface area (Å²) in [7, 11) is 1.56. The van der Waals surface area contributed by atoms with Crippen LogP contribution in [0.4, 0.5) is 13.2 Å². The first-order valence-corrected chi connectivity index (χ1v) is 5.40. The highest BCUT2D eigenvalue weighted by Crippen LogP contribution is 2.19. The summed E-state index contributed by atoms with van der Waals surface area (Å²) in [5.74, 6) is -2.42. The molecule has 0 spiro atoms. The topological polar surface area (TPSA) is 68.1 Å². The van der Waals surface area contributed by atoms with Crippen LogP contribution in [0.5, 0.6) is 0 Å². The number of likely N-dealkylation sites (N-methyl/N-ethyl adjacent to an activating group) is 1. The number of alkyl halides is 3. The van der Waals surface area contributed by atoms with Crippen molar-refractivity contribution >= 4 is 11.7 Å². The van der Waals surface area contributed by atoms with Gasteiger partial charge in [-0.15, -0.1) is 5.10 Å². The molecule has 0 aliphatic rings. The second-order valence-corrected chi connectivity index (χ2v) is 4.23. The zero-order chi connectivity index (χ0) is 14.8. The Morgan fingerprint density at radius 3 is 2.47 bits per heavy atom. The average Bonchev–Trinajstić information content (AvgIpc) is 2.73. The van der Waals surface area contributed by atoms with Gasteiger partial charge in [0.2, 0.25) is 5.91 Å². The highest BCUT2D eigenvalue weighted by atomic mass is 19.4. The Bertz CT molecular complexity index is 481. The van der Waals surface area contributed by atoms with Crippen LogP contribution in [0.3, 0.4) is 0 Å². The molecule has 0 atom stereocenters. The molecule has 0 unspecified atom stereocenters. The molecule has 0 aliphatic carbocycles. The van der Waals surface area contributed by atoms with E-state index in [0.29, 0.717) is 0 Å². The van der Waals surface area contributed by atoms with Crippen LogP contribution < -0.4 is 0 Å². The highest BCUT2D eigenvalue weighted by molar-refractivity contribution is 5.98. The van der Waals surface area contributed by atoms with E-state index in [2.05, 4.69) is 10.3 Å². The van der Waals surface area contributed by atoms with Crippen molar-refractivity contribution in [3.05, 3.63) is 11.9 Å². The van der Waals surface area contributed by atoms with Crippen LogP contribution in [0.1, 0.15) is 24.3 Å². The van der Waals surface area contributed by atoms with Crippen LogP contribution in [0, 0.1) is 0 Å². The van der Waals surface area contributed by atoms with Gasteiger partial charge in [0.15, 0.2) is 5.69 Å². The third-order valence-corrected chi connectivity index (χ3v) is 2.49. The summed E-state index contributed by atoms with van der Waals surface area (Å²) in [6.45, 7) is 3.31. The van der Waals surface area contributed by atoms with E-state index in [9.17, 15) is 22.8 Å². The number of rotatable bonds is 4. The summed E-state index contributed by atoms with van der Waals surface area (Å²) in [6, 6.07) is -0.0488. The zero-order valence-corrected chi connectivity index (χ0v) is 10.6. The first kappa shape index (κ1) is 15.1. The minimum atomic E-state index is -5.00. The fraction of sp³-hybridized carbons (Fsp3) is 0.600. The number of carbonyl (C=O) groups is 2. The maximum absolute atomic E-state index is 12.1. The molecule has 1 amide bonds. The molecule has 9 heteroatoms. The summed E-state index contributed by atoms with van der Waals surface area (Å²) in [5.41, 5.74) is -0.826. The Labute approximate surface area is 107 Å². The van der Waals surface area contributed by atoms with E-state index >= 15 is 0 Å². The smallest absolute Gasteiger partial charge is 0.342 e. The molecular weight excluding hydrogens is 265 g/mol. The molecule has 1 rings (SSSR count). The molecule has 0 saturated heterocycles. The number of ketones is 1. The van der Waals surface area contributed by atoms with Gasteiger partial charge < -0.3 is 4.90 Å². The maximum atomic E-state index is 12.1. The fourth-order valence-corrected chi connectivity index (χ4v) is 1.16. The quantitative estimate of drug-likeness (QED) is 0.767. The van der Waals surface area contributed by atoms with Crippen LogP contribution in [-0.4, -0.2) is 50.9 Å². The predicted molar refractivity (Wildman–Crippen MR) is 58.3 cm³/mol. The van der Waals surface area contributed by atoms with E-state index in [1.54, 1.807) is 20.9 Å². The Kier molecular flexibility index (Phi) is 4.28. The van der Waals surface area contributed by atoms with Crippen LogP contribution in [0.2, 0.25) is 0 Å². The molecule has 1 aromatic heterocycles. The lowest BCUT2D eigenvalue weighted by Gasteiger charge is -2.20. The normalized spacial score (nSPS) is 11.7. The Balaban J connectivity index is 2.76.